The highest BCUT2D eigenvalue weighted by Crippen LogP contribution is 2.37. The van der Waals surface area contributed by atoms with Crippen LogP contribution in [0.25, 0.3) is 22.6 Å². The van der Waals surface area contributed by atoms with Gasteiger partial charge in [0.15, 0.2) is 0 Å². The predicted molar refractivity (Wildman–Crippen MR) is 134 cm³/mol. The van der Waals surface area contributed by atoms with Gasteiger partial charge in [-0.3, -0.25) is 9.59 Å². The Balaban J connectivity index is 1.62. The highest BCUT2D eigenvalue weighted by atomic mass is 35.5. The van der Waals surface area contributed by atoms with Crippen molar-refractivity contribution in [2.24, 2.45) is 0 Å². The van der Waals surface area contributed by atoms with E-state index in [9.17, 15) is 9.59 Å². The monoisotopic (exact) mass is 480 g/mol. The third-order valence-electron chi connectivity index (χ3n) is 5.90. The van der Waals surface area contributed by atoms with Crippen LogP contribution in [0.2, 0.25) is 5.02 Å². The van der Waals surface area contributed by atoms with Crippen molar-refractivity contribution in [1.29, 1.82) is 0 Å². The van der Waals surface area contributed by atoms with Crippen molar-refractivity contribution in [2.75, 3.05) is 31.5 Å². The normalized spacial score (nSPS) is 13.7. The lowest BCUT2D eigenvalue weighted by Gasteiger charge is -2.14. The van der Waals surface area contributed by atoms with Crippen LogP contribution in [0.3, 0.4) is 0 Å². The van der Waals surface area contributed by atoms with Gasteiger partial charge in [0, 0.05) is 30.8 Å². The summed E-state index contributed by atoms with van der Waals surface area (Å²) in [6, 6.07) is 10.8. The van der Waals surface area contributed by atoms with Crippen molar-refractivity contribution in [3.8, 4) is 22.6 Å². The van der Waals surface area contributed by atoms with E-state index < -0.39 is 0 Å². The van der Waals surface area contributed by atoms with Crippen molar-refractivity contribution >= 4 is 29.2 Å². The number of pyridine rings is 1. The Morgan fingerprint density at radius 1 is 1.15 bits per heavy atom. The van der Waals surface area contributed by atoms with Crippen LogP contribution in [0.15, 0.2) is 47.0 Å². The molecule has 0 bridgehead atoms. The summed E-state index contributed by atoms with van der Waals surface area (Å²) in [4.78, 5) is 31.3. The highest BCUT2D eigenvalue weighted by molar-refractivity contribution is 6.33. The van der Waals surface area contributed by atoms with Crippen LogP contribution in [0.4, 0.5) is 5.82 Å². The second kappa shape index (κ2) is 10.8. The Labute approximate surface area is 204 Å². The maximum atomic E-state index is 13.2. The fourth-order valence-corrected chi connectivity index (χ4v) is 4.40. The van der Waals surface area contributed by atoms with Gasteiger partial charge in [-0.25, -0.2) is 4.98 Å². The summed E-state index contributed by atoms with van der Waals surface area (Å²) < 4.78 is 6.22. The van der Waals surface area contributed by atoms with E-state index >= 15 is 0 Å². The van der Waals surface area contributed by atoms with Gasteiger partial charge < -0.3 is 20.0 Å². The van der Waals surface area contributed by atoms with Gasteiger partial charge in [0.25, 0.3) is 5.91 Å². The SMILES string of the molecule is CC(=O)Nc1cc(-c2cc(C(=O)NCCCN3CCCC3)c(-c3ccccc3Cl)o2)c(C)cn1. The molecular weight excluding hydrogens is 452 g/mol. The van der Waals surface area contributed by atoms with Gasteiger partial charge in [-0.05, 0) is 75.6 Å². The molecule has 2 aromatic heterocycles. The van der Waals surface area contributed by atoms with Crippen molar-refractivity contribution in [1.82, 2.24) is 15.2 Å². The summed E-state index contributed by atoms with van der Waals surface area (Å²) in [6.45, 7) is 7.17. The number of aromatic nitrogens is 1. The molecule has 1 aliphatic heterocycles. The highest BCUT2D eigenvalue weighted by Gasteiger charge is 2.23. The number of nitrogens with one attached hydrogen (secondary N) is 2. The zero-order chi connectivity index (χ0) is 24.1. The molecule has 2 N–H and O–H groups in total. The molecule has 2 amide bonds. The van der Waals surface area contributed by atoms with Crippen molar-refractivity contribution in [3.05, 3.63) is 58.7 Å². The fraction of sp³-hybridized carbons (Fsp3) is 0.346. The summed E-state index contributed by atoms with van der Waals surface area (Å²) in [5, 5.41) is 6.22. The molecule has 3 heterocycles. The summed E-state index contributed by atoms with van der Waals surface area (Å²) in [6.07, 6.45) is 5.06. The van der Waals surface area contributed by atoms with Gasteiger partial charge in [-0.15, -0.1) is 0 Å². The lowest BCUT2D eigenvalue weighted by molar-refractivity contribution is -0.114. The number of benzene rings is 1. The van der Waals surface area contributed by atoms with Gasteiger partial charge >= 0.3 is 0 Å². The molecule has 4 rings (SSSR count). The van der Waals surface area contributed by atoms with Crippen molar-refractivity contribution in [2.45, 2.75) is 33.1 Å². The van der Waals surface area contributed by atoms with Gasteiger partial charge in [0.2, 0.25) is 5.91 Å². The molecule has 7 nitrogen and oxygen atoms in total. The molecule has 178 valence electrons. The molecule has 0 unspecified atom stereocenters. The van der Waals surface area contributed by atoms with E-state index in [1.165, 1.54) is 19.8 Å². The van der Waals surface area contributed by atoms with Gasteiger partial charge in [0.1, 0.15) is 17.3 Å². The minimum atomic E-state index is -0.215. The Morgan fingerprint density at radius 3 is 2.65 bits per heavy atom. The van der Waals surface area contributed by atoms with Crippen LogP contribution in [-0.2, 0) is 4.79 Å². The lowest BCUT2D eigenvalue weighted by Crippen LogP contribution is -2.28. The summed E-state index contributed by atoms with van der Waals surface area (Å²) >= 11 is 6.45. The minimum absolute atomic E-state index is 0.208. The first kappa shape index (κ1) is 24.0. The molecule has 3 aromatic rings. The topological polar surface area (TPSA) is 87.5 Å². The predicted octanol–water partition coefficient (Wildman–Crippen LogP) is 5.14. The number of nitrogens with zero attached hydrogens (tertiary/aromatic N) is 2. The van der Waals surface area contributed by atoms with Crippen LogP contribution >= 0.6 is 11.6 Å². The number of halogens is 1. The third-order valence-corrected chi connectivity index (χ3v) is 6.23. The smallest absolute Gasteiger partial charge is 0.255 e. The second-order valence-electron chi connectivity index (χ2n) is 8.56. The number of amides is 2. The maximum Gasteiger partial charge on any atom is 0.255 e. The van der Waals surface area contributed by atoms with Crippen LogP contribution in [0.1, 0.15) is 42.1 Å². The number of anilines is 1. The second-order valence-corrected chi connectivity index (χ2v) is 8.96. The third kappa shape index (κ3) is 5.66. The number of hydrogen-bond acceptors (Lipinski definition) is 5. The Morgan fingerprint density at radius 2 is 1.91 bits per heavy atom. The zero-order valence-corrected chi connectivity index (χ0v) is 20.2. The van der Waals surface area contributed by atoms with E-state index in [0.717, 1.165) is 37.2 Å². The molecule has 8 heteroatoms. The largest absolute Gasteiger partial charge is 0.455 e. The number of carbonyl (C=O) groups excluding carboxylic acids is 2. The molecule has 1 aromatic carbocycles. The number of likely N-dealkylation sites (tertiary alicyclic amines) is 1. The van der Waals surface area contributed by atoms with Gasteiger partial charge in [-0.2, -0.15) is 0 Å². The van der Waals surface area contributed by atoms with Crippen molar-refractivity contribution in [3.63, 3.8) is 0 Å². The summed E-state index contributed by atoms with van der Waals surface area (Å²) in [7, 11) is 0. The first-order chi connectivity index (χ1) is 16.4. The summed E-state index contributed by atoms with van der Waals surface area (Å²) in [5.74, 6) is 0.905. The molecule has 0 saturated carbocycles. The number of aryl methyl sites for hydroxylation is 1. The zero-order valence-electron chi connectivity index (χ0n) is 19.5. The van der Waals surface area contributed by atoms with E-state index in [1.807, 2.05) is 25.1 Å². The van der Waals surface area contributed by atoms with E-state index in [2.05, 4.69) is 20.5 Å². The minimum Gasteiger partial charge on any atom is -0.455 e. The quantitative estimate of drug-likeness (QED) is 0.435. The fourth-order valence-electron chi connectivity index (χ4n) is 4.18. The van der Waals surface area contributed by atoms with Crippen LogP contribution in [0, 0.1) is 6.92 Å². The lowest BCUT2D eigenvalue weighted by atomic mass is 10.1. The van der Waals surface area contributed by atoms with E-state index in [4.69, 9.17) is 16.0 Å². The maximum absolute atomic E-state index is 13.2. The molecule has 0 spiro atoms. The Kier molecular flexibility index (Phi) is 7.65. The average Bonchev–Trinajstić information content (AvgIpc) is 3.48. The van der Waals surface area contributed by atoms with E-state index in [-0.39, 0.29) is 11.8 Å². The standard InChI is InChI=1S/C26H29ClN4O3/c1-17-16-29-24(30-18(2)32)15-20(17)23-14-21(25(34-23)19-8-3-4-9-22(19)27)26(33)28-10-7-13-31-11-5-6-12-31/h3-4,8-9,14-16H,5-7,10-13H2,1-2H3,(H,28,33)(H,29,30,32). The number of hydrogen-bond donors (Lipinski definition) is 2. The first-order valence-corrected chi connectivity index (χ1v) is 11.9. The molecule has 1 fully saturated rings. The molecular formula is C26H29ClN4O3. The molecule has 1 saturated heterocycles. The average molecular weight is 481 g/mol. The van der Waals surface area contributed by atoms with Gasteiger partial charge in [-0.1, -0.05) is 23.7 Å². The van der Waals surface area contributed by atoms with E-state index in [1.54, 1.807) is 24.4 Å². The Hall–Kier alpha value is -3.16. The van der Waals surface area contributed by atoms with Gasteiger partial charge in [0.05, 0.1) is 10.6 Å². The molecule has 0 atom stereocenters. The molecule has 0 radical (unpaired) electrons. The van der Waals surface area contributed by atoms with Crippen LogP contribution in [-0.4, -0.2) is 47.9 Å². The molecule has 1 aliphatic rings. The number of carbonyl (C=O) groups is 2. The van der Waals surface area contributed by atoms with Crippen molar-refractivity contribution < 1.29 is 14.0 Å². The number of furan rings is 1. The van der Waals surface area contributed by atoms with Crippen LogP contribution < -0.4 is 10.6 Å². The van der Waals surface area contributed by atoms with Crippen LogP contribution in [0.5, 0.6) is 0 Å². The summed E-state index contributed by atoms with van der Waals surface area (Å²) in [5.41, 5.74) is 2.65. The first-order valence-electron chi connectivity index (χ1n) is 11.6. The Bertz CT molecular complexity index is 1180. The molecule has 34 heavy (non-hydrogen) atoms. The number of rotatable bonds is 8. The molecule has 0 aliphatic carbocycles. The van der Waals surface area contributed by atoms with E-state index in [0.29, 0.717) is 40.0 Å².